The molecule has 0 N–H and O–H groups in total. The quantitative estimate of drug-likeness (QED) is 0.0204. The second kappa shape index (κ2) is 30.9. The first kappa shape index (κ1) is 85.7. The summed E-state index contributed by atoms with van der Waals surface area (Å²) < 4.78 is 526. The van der Waals surface area contributed by atoms with Crippen LogP contribution in [-0.4, -0.2) is 97.6 Å². The first-order valence-electron chi connectivity index (χ1n) is 27.5. The van der Waals surface area contributed by atoms with Crippen LogP contribution < -0.4 is 5.30 Å². The average molecular weight is 1400 g/mol. The molecule has 0 aliphatic rings. The number of halogens is 35. The van der Waals surface area contributed by atoms with Gasteiger partial charge in [0.25, 0.3) is 0 Å². The molecule has 0 nitrogen and oxygen atoms in total. The lowest BCUT2D eigenvalue weighted by Gasteiger charge is -2.61. The minimum Gasteiger partial charge on any atom is -0.253 e. The van der Waals surface area contributed by atoms with Crippen molar-refractivity contribution in [3.63, 3.8) is 0 Å². The summed E-state index contributed by atoms with van der Waals surface area (Å²) in [5.74, 6) is -72.4. The monoisotopic (exact) mass is 1400 g/mol. The molecule has 1 aromatic rings. The number of hydrogen-bond acceptors (Lipinski definition) is 0. The molecule has 1 aromatic carbocycles. The number of benzene rings is 1. The lowest BCUT2D eigenvalue weighted by molar-refractivity contribution is -0.350. The maximum atomic E-state index is 16.6. The highest BCUT2D eigenvalue weighted by atomic mass is 31.1. The SMILES string of the molecule is CCCC(C)C[PH+](c1cc(F)c(F)c(C(F)(F)F)c1F)C(F)(F)C(F)(F)F.CCCCCCC(F)(F)C(F)(F)[C](F)(F)[Al-]([C](F)(F)C(F)(F)C(F)(F)CCCCCC)([C](F)(F)C(F)(F)C(F)(F)CCCCCC)[C](F)(F)C(F)(F)C(F)(F)CCCCCC. The zero-order valence-corrected chi connectivity index (χ0v) is 49.9. The lowest BCUT2D eigenvalue weighted by Crippen LogP contribution is -2.96. The third-order valence-electron chi connectivity index (χ3n) is 14.9. The van der Waals surface area contributed by atoms with E-state index in [-0.39, 0.29) is 63.9 Å². The van der Waals surface area contributed by atoms with E-state index in [2.05, 4.69) is 0 Å². The molecule has 0 aromatic heterocycles. The summed E-state index contributed by atoms with van der Waals surface area (Å²) in [5, 5.41) is -1.77. The molecule has 0 saturated heterocycles. The van der Waals surface area contributed by atoms with Gasteiger partial charge in [0.05, 0.1) is 6.16 Å². The summed E-state index contributed by atoms with van der Waals surface area (Å²) in [4.78, 5) is -38.8. The van der Waals surface area contributed by atoms with E-state index in [1.807, 2.05) is 0 Å². The van der Waals surface area contributed by atoms with Crippen molar-refractivity contribution in [3.8, 4) is 0 Å². The van der Waals surface area contributed by atoms with E-state index in [0.717, 1.165) is 0 Å². The number of rotatable bonds is 38. The van der Waals surface area contributed by atoms with Gasteiger partial charge in [0.1, 0.15) is 18.8 Å². The highest BCUT2D eigenvalue weighted by Crippen LogP contribution is 2.73. The Morgan fingerprint density at radius 2 is 0.625 bits per heavy atom. The van der Waals surface area contributed by atoms with E-state index >= 15 is 105 Å². The molecule has 0 spiro atoms. The molecule has 0 fully saturated rings. The molecule has 88 heavy (non-hydrogen) atoms. The fourth-order valence-corrected chi connectivity index (χ4v) is 18.2. The molecule has 0 bridgehead atoms. The number of alkyl halides is 32. The summed E-state index contributed by atoms with van der Waals surface area (Å²) in [7, 11) is -4.47. The van der Waals surface area contributed by atoms with E-state index in [1.165, 1.54) is 34.6 Å². The van der Waals surface area contributed by atoms with E-state index in [9.17, 15) is 48.3 Å². The molecule has 0 heterocycles. The summed E-state index contributed by atoms with van der Waals surface area (Å²) in [5.41, 5.74) is -8.38. The minimum absolute atomic E-state index is 0.0363. The van der Waals surface area contributed by atoms with Crippen LogP contribution in [0.4, 0.5) is 154 Å². The van der Waals surface area contributed by atoms with Crippen molar-refractivity contribution in [2.24, 2.45) is 5.92 Å². The first-order chi connectivity index (χ1) is 39.3. The van der Waals surface area contributed by atoms with E-state index in [1.54, 1.807) is 6.92 Å². The van der Waals surface area contributed by atoms with Crippen molar-refractivity contribution >= 4 is 26.3 Å². The first-order valence-corrected chi connectivity index (χ1v) is 31.6. The van der Waals surface area contributed by atoms with Gasteiger partial charge in [-0.25, -0.2) is 13.2 Å². The van der Waals surface area contributed by atoms with Crippen LogP contribution in [-0.2, 0) is 6.18 Å². The topological polar surface area (TPSA) is 0 Å². The second-order valence-corrected chi connectivity index (χ2v) is 28.9. The predicted octanol–water partition coefficient (Wildman–Crippen LogP) is 23.7. The van der Waals surface area contributed by atoms with Gasteiger partial charge in [-0.2, -0.15) is 105 Å². The van der Waals surface area contributed by atoms with Crippen LogP contribution in [0, 0.1) is 23.4 Å². The normalized spacial score (nSPS) is 15.6. The second-order valence-electron chi connectivity index (χ2n) is 21.8. The zero-order chi connectivity index (χ0) is 70.0. The molecule has 1 rings (SSSR count). The molecule has 0 aliphatic heterocycles. The standard InChI is InChI=1S/C15H14F11P.4C9H13F6.Al/c1-3-4-7(2)6-27(15(25,26)14(22,23)24)9-5-8(16)11(17)10(12(9)18)13(19,20)21;4*1-2-3-4-5-6-8(12,13)9(14,15)7(10)11;/h5,7H,3-4,6H2,1-2H3;4*2-6H2,1H3;/q;;;;;-1/p+1. The van der Waals surface area contributed by atoms with Crippen molar-refractivity contribution in [2.45, 2.75) is 267 Å². The van der Waals surface area contributed by atoms with E-state index in [0.29, 0.717) is 6.42 Å². The summed E-state index contributed by atoms with van der Waals surface area (Å²) in [6.07, 6.45) is -35.4. The van der Waals surface area contributed by atoms with Crippen molar-refractivity contribution in [3.05, 3.63) is 29.1 Å². The van der Waals surface area contributed by atoms with Gasteiger partial charge in [0, 0.05) is 31.7 Å². The van der Waals surface area contributed by atoms with Gasteiger partial charge in [-0.05, 0) is 38.0 Å². The Kier molecular flexibility index (Phi) is 30.1. The third kappa shape index (κ3) is 16.6. The van der Waals surface area contributed by atoms with Crippen molar-refractivity contribution < 1.29 is 154 Å². The Hall–Kier alpha value is -2.27. The van der Waals surface area contributed by atoms with Crippen LogP contribution >= 0.6 is 7.92 Å². The van der Waals surface area contributed by atoms with Crippen LogP contribution in [0.2, 0.25) is 0 Å². The van der Waals surface area contributed by atoms with Crippen LogP contribution in [0.25, 0.3) is 0 Å². The Bertz CT molecular complexity index is 2080. The fraction of sp³-hybridized carbons (Fsp3) is 0.882. The maximum Gasteiger partial charge on any atom is 0.540 e. The van der Waals surface area contributed by atoms with Gasteiger partial charge in [0.15, 0.2) is 36.6 Å². The molecule has 0 radical (unpaired) electrons. The Morgan fingerprint density at radius 1 is 0.364 bits per heavy atom. The third-order valence-corrected chi connectivity index (χ3v) is 23.9. The van der Waals surface area contributed by atoms with E-state index < -0.39 is 223 Å². The smallest absolute Gasteiger partial charge is 0.253 e. The summed E-state index contributed by atoms with van der Waals surface area (Å²) in [6.45, 7) is 7.94. The number of hydrogen-bond donors (Lipinski definition) is 0. The molecule has 2 unspecified atom stereocenters. The highest BCUT2D eigenvalue weighted by molar-refractivity contribution is 7.66. The minimum atomic E-state index is -13.7. The molecule has 0 aliphatic carbocycles. The van der Waals surface area contributed by atoms with Gasteiger partial charge in [-0.1, -0.05) is 125 Å². The molecular weight excluding hydrogens is 1340 g/mol. The molecule has 0 amide bonds. The van der Waals surface area contributed by atoms with Gasteiger partial charge >= 0.3 is 78.5 Å². The Balaban J connectivity index is 0.00000232. The molecule has 524 valence electrons. The fourth-order valence-electron chi connectivity index (χ4n) is 9.75. The van der Waals surface area contributed by atoms with Crippen LogP contribution in [0.3, 0.4) is 0 Å². The van der Waals surface area contributed by atoms with Gasteiger partial charge in [0.2, 0.25) is 0 Å². The molecule has 0 saturated carbocycles. The van der Waals surface area contributed by atoms with Crippen LogP contribution in [0.5, 0.6) is 0 Å². The van der Waals surface area contributed by atoms with E-state index in [4.69, 9.17) is 0 Å². The molecule has 2 atom stereocenters. The van der Waals surface area contributed by atoms with Crippen molar-refractivity contribution in [1.82, 2.24) is 0 Å². The van der Waals surface area contributed by atoms with Gasteiger partial charge in [-0.15, -0.1) is 0 Å². The summed E-state index contributed by atoms with van der Waals surface area (Å²) in [6, 6.07) is -0.327. The molecule has 37 heteroatoms. The highest BCUT2D eigenvalue weighted by Gasteiger charge is 3.07. The largest absolute Gasteiger partial charge is 0.540 e. The van der Waals surface area contributed by atoms with Gasteiger partial charge in [-0.3, -0.25) is 35.1 Å². The van der Waals surface area contributed by atoms with Crippen LogP contribution in [0.1, 0.15) is 188 Å². The van der Waals surface area contributed by atoms with Gasteiger partial charge < -0.3 is 0 Å². The van der Waals surface area contributed by atoms with Crippen molar-refractivity contribution in [1.29, 1.82) is 0 Å². The lowest BCUT2D eigenvalue weighted by atomic mass is 10.0. The Morgan fingerprint density at radius 3 is 0.841 bits per heavy atom. The zero-order valence-electron chi connectivity index (χ0n) is 47.7. The van der Waals surface area contributed by atoms with Crippen molar-refractivity contribution in [2.75, 3.05) is 6.16 Å². The maximum absolute atomic E-state index is 16.6. The Labute approximate surface area is 487 Å². The number of unbranched alkanes of at least 4 members (excludes halogenated alkanes) is 12. The average Bonchev–Trinajstić information content (AvgIpc) is 0.644. The summed E-state index contributed by atoms with van der Waals surface area (Å²) >= 11 is -13.7. The predicted molar refractivity (Wildman–Crippen MR) is 259 cm³/mol. The van der Waals surface area contributed by atoms with Crippen LogP contribution in [0.15, 0.2) is 6.07 Å². The molecular formula is C51H67AlF35P.